The molecule has 8 heteroatoms. The Hall–Kier alpha value is -2.12. The molecule has 4 rings (SSSR count). The fourth-order valence-electron chi connectivity index (χ4n) is 3.58. The molecule has 0 bridgehead atoms. The van der Waals surface area contributed by atoms with Crippen LogP contribution in [-0.4, -0.2) is 47.1 Å². The van der Waals surface area contributed by atoms with Crippen LogP contribution in [0.5, 0.6) is 0 Å². The van der Waals surface area contributed by atoms with E-state index < -0.39 is 0 Å². The SMILES string of the molecule is CN(C)CCN1C(=S)N[C@@H](c2ccccn2)[C@@H]1c1ccc(-c2ccc(Cl)c(Cl)c2)o1. The Morgan fingerprint density at radius 1 is 1.13 bits per heavy atom. The van der Waals surface area contributed by atoms with Gasteiger partial charge in [-0.05, 0) is 68.8 Å². The molecule has 3 aromatic rings. The zero-order valence-corrected chi connectivity index (χ0v) is 19.0. The molecule has 156 valence electrons. The minimum Gasteiger partial charge on any atom is -0.459 e. The summed E-state index contributed by atoms with van der Waals surface area (Å²) in [4.78, 5) is 8.86. The van der Waals surface area contributed by atoms with Gasteiger partial charge in [-0.2, -0.15) is 0 Å². The maximum atomic E-state index is 6.30. The highest BCUT2D eigenvalue weighted by molar-refractivity contribution is 7.80. The number of likely N-dealkylation sites (N-methyl/N-ethyl adjacent to an activating group) is 1. The lowest BCUT2D eigenvalue weighted by Gasteiger charge is -2.27. The Labute approximate surface area is 191 Å². The second-order valence-electron chi connectivity index (χ2n) is 7.45. The highest BCUT2D eigenvalue weighted by Crippen LogP contribution is 2.40. The van der Waals surface area contributed by atoms with Gasteiger partial charge in [0.2, 0.25) is 0 Å². The van der Waals surface area contributed by atoms with Crippen LogP contribution in [0.3, 0.4) is 0 Å². The second kappa shape index (κ2) is 8.94. The van der Waals surface area contributed by atoms with Crippen molar-refractivity contribution >= 4 is 40.5 Å². The third-order valence-electron chi connectivity index (χ3n) is 5.11. The quantitative estimate of drug-likeness (QED) is 0.511. The molecule has 0 radical (unpaired) electrons. The topological polar surface area (TPSA) is 44.5 Å². The van der Waals surface area contributed by atoms with Gasteiger partial charge in [0.25, 0.3) is 0 Å². The summed E-state index contributed by atoms with van der Waals surface area (Å²) >= 11 is 17.9. The first kappa shape index (κ1) is 21.1. The van der Waals surface area contributed by atoms with Crippen LogP contribution in [0.1, 0.15) is 23.5 Å². The van der Waals surface area contributed by atoms with E-state index in [2.05, 4.69) is 20.1 Å². The maximum absolute atomic E-state index is 6.30. The molecule has 2 aromatic heterocycles. The van der Waals surface area contributed by atoms with Gasteiger partial charge >= 0.3 is 0 Å². The largest absolute Gasteiger partial charge is 0.459 e. The average Bonchev–Trinajstić information content (AvgIpc) is 3.33. The van der Waals surface area contributed by atoms with Gasteiger partial charge in [0.05, 0.1) is 21.8 Å². The van der Waals surface area contributed by atoms with Gasteiger partial charge in [-0.3, -0.25) is 4.98 Å². The van der Waals surface area contributed by atoms with Crippen molar-refractivity contribution in [3.05, 3.63) is 76.2 Å². The molecule has 1 aromatic carbocycles. The van der Waals surface area contributed by atoms with Crippen LogP contribution < -0.4 is 5.32 Å². The van der Waals surface area contributed by atoms with Crippen molar-refractivity contribution in [2.45, 2.75) is 12.1 Å². The Morgan fingerprint density at radius 2 is 1.97 bits per heavy atom. The number of rotatable bonds is 6. The van der Waals surface area contributed by atoms with Crippen LogP contribution in [0.4, 0.5) is 0 Å². The summed E-state index contributed by atoms with van der Waals surface area (Å²) in [7, 11) is 4.10. The van der Waals surface area contributed by atoms with Crippen molar-refractivity contribution in [3.63, 3.8) is 0 Å². The zero-order chi connectivity index (χ0) is 21.3. The molecule has 1 N–H and O–H groups in total. The Balaban J connectivity index is 1.70. The molecule has 1 saturated heterocycles. The molecule has 1 aliphatic rings. The number of aromatic nitrogens is 1. The van der Waals surface area contributed by atoms with E-state index in [9.17, 15) is 0 Å². The second-order valence-corrected chi connectivity index (χ2v) is 8.66. The van der Waals surface area contributed by atoms with Gasteiger partial charge < -0.3 is 19.5 Å². The Morgan fingerprint density at radius 3 is 2.67 bits per heavy atom. The molecule has 5 nitrogen and oxygen atoms in total. The number of pyridine rings is 1. The van der Waals surface area contributed by atoms with Crippen molar-refractivity contribution in [1.29, 1.82) is 0 Å². The first-order valence-electron chi connectivity index (χ1n) is 9.62. The number of halogens is 2. The van der Waals surface area contributed by atoms with E-state index in [0.717, 1.165) is 35.9 Å². The van der Waals surface area contributed by atoms with Crippen LogP contribution in [0, 0.1) is 0 Å². The van der Waals surface area contributed by atoms with Crippen LogP contribution in [0.2, 0.25) is 10.0 Å². The highest BCUT2D eigenvalue weighted by Gasteiger charge is 2.41. The minimum atomic E-state index is -0.108. The van der Waals surface area contributed by atoms with Gasteiger partial charge in [0, 0.05) is 24.8 Å². The number of nitrogens with one attached hydrogen (secondary N) is 1. The number of furan rings is 1. The molecule has 0 unspecified atom stereocenters. The number of benzene rings is 1. The van der Waals surface area contributed by atoms with Crippen LogP contribution >= 0.6 is 35.4 Å². The van der Waals surface area contributed by atoms with Crippen LogP contribution in [-0.2, 0) is 0 Å². The van der Waals surface area contributed by atoms with E-state index >= 15 is 0 Å². The van der Waals surface area contributed by atoms with Gasteiger partial charge in [-0.15, -0.1) is 0 Å². The van der Waals surface area contributed by atoms with Crippen molar-refractivity contribution in [3.8, 4) is 11.3 Å². The molecule has 3 heterocycles. The summed E-state index contributed by atoms with van der Waals surface area (Å²) in [6, 6.07) is 15.1. The van der Waals surface area contributed by atoms with E-state index in [1.807, 2.05) is 56.6 Å². The van der Waals surface area contributed by atoms with E-state index in [0.29, 0.717) is 15.2 Å². The predicted molar refractivity (Wildman–Crippen MR) is 125 cm³/mol. The van der Waals surface area contributed by atoms with Crippen molar-refractivity contribution < 1.29 is 4.42 Å². The number of thiocarbonyl (C=S) groups is 1. The van der Waals surface area contributed by atoms with Gasteiger partial charge in [-0.25, -0.2) is 0 Å². The van der Waals surface area contributed by atoms with E-state index in [1.165, 1.54) is 0 Å². The van der Waals surface area contributed by atoms with E-state index in [-0.39, 0.29) is 12.1 Å². The van der Waals surface area contributed by atoms with Gasteiger partial charge in [0.15, 0.2) is 5.11 Å². The Kier molecular flexibility index (Phi) is 6.29. The number of nitrogens with zero attached hydrogens (tertiary/aromatic N) is 3. The standard InChI is InChI=1S/C22H22Cl2N4OS/c1-27(2)11-12-28-21(20(26-22(28)30)17-5-3-4-10-25-17)19-9-8-18(29-19)14-6-7-15(23)16(24)13-14/h3-10,13,20-21H,11-12H2,1-2H3,(H,26,30)/t20-,21-/m0/s1. The number of hydrogen-bond acceptors (Lipinski definition) is 4. The van der Waals surface area contributed by atoms with E-state index in [1.54, 1.807) is 12.3 Å². The third-order valence-corrected chi connectivity index (χ3v) is 6.20. The average molecular weight is 461 g/mol. The molecule has 2 atom stereocenters. The minimum absolute atomic E-state index is 0.103. The molecule has 1 fully saturated rings. The van der Waals surface area contributed by atoms with Crippen molar-refractivity contribution in [1.82, 2.24) is 20.1 Å². The monoisotopic (exact) mass is 460 g/mol. The fourth-order valence-corrected chi connectivity index (χ4v) is 4.21. The molecule has 0 saturated carbocycles. The summed E-state index contributed by atoms with van der Waals surface area (Å²) in [6.07, 6.45) is 1.79. The van der Waals surface area contributed by atoms with Gasteiger partial charge in [0.1, 0.15) is 17.6 Å². The van der Waals surface area contributed by atoms with Gasteiger partial charge in [-0.1, -0.05) is 29.3 Å². The lowest BCUT2D eigenvalue weighted by Crippen LogP contribution is -2.35. The first-order chi connectivity index (χ1) is 14.4. The van der Waals surface area contributed by atoms with E-state index in [4.69, 9.17) is 39.8 Å². The first-order valence-corrected chi connectivity index (χ1v) is 10.8. The van der Waals surface area contributed by atoms with Crippen LogP contribution in [0.25, 0.3) is 11.3 Å². The lowest BCUT2D eigenvalue weighted by atomic mass is 10.0. The summed E-state index contributed by atoms with van der Waals surface area (Å²) in [5.41, 5.74) is 1.79. The molecule has 0 aliphatic carbocycles. The summed E-state index contributed by atoms with van der Waals surface area (Å²) in [5, 5.41) is 5.15. The molecular weight excluding hydrogens is 439 g/mol. The molecule has 1 aliphatic heterocycles. The smallest absolute Gasteiger partial charge is 0.170 e. The molecule has 30 heavy (non-hydrogen) atoms. The maximum Gasteiger partial charge on any atom is 0.170 e. The highest BCUT2D eigenvalue weighted by atomic mass is 35.5. The van der Waals surface area contributed by atoms with Crippen molar-refractivity contribution in [2.24, 2.45) is 0 Å². The molecule has 0 spiro atoms. The van der Waals surface area contributed by atoms with Crippen LogP contribution in [0.15, 0.2) is 59.1 Å². The molecule has 0 amide bonds. The lowest BCUT2D eigenvalue weighted by molar-refractivity contribution is 0.250. The predicted octanol–water partition coefficient (Wildman–Crippen LogP) is 5.18. The zero-order valence-electron chi connectivity index (χ0n) is 16.7. The normalized spacial score (nSPS) is 18.8. The number of hydrogen-bond donors (Lipinski definition) is 1. The fraction of sp³-hybridized carbons (Fsp3) is 0.273. The summed E-state index contributed by atoms with van der Waals surface area (Å²) in [5.74, 6) is 1.55. The summed E-state index contributed by atoms with van der Waals surface area (Å²) in [6.45, 7) is 1.64. The summed E-state index contributed by atoms with van der Waals surface area (Å²) < 4.78 is 6.30. The van der Waals surface area contributed by atoms with Crippen molar-refractivity contribution in [2.75, 3.05) is 27.2 Å². The third kappa shape index (κ3) is 4.32. The molecular formula is C22H22Cl2N4OS. The Bertz CT molecular complexity index is 1040.